The Kier molecular flexibility index (Phi) is 6.49. The van der Waals surface area contributed by atoms with E-state index in [9.17, 15) is 10.2 Å². The van der Waals surface area contributed by atoms with Crippen LogP contribution in [0.1, 0.15) is 0 Å². The van der Waals surface area contributed by atoms with Crippen molar-refractivity contribution < 1.29 is 37.6 Å². The number of hydrogen-bond acceptors (Lipinski definition) is 6. The molecule has 0 unspecified atom stereocenters. The molecule has 0 aliphatic carbocycles. The summed E-state index contributed by atoms with van der Waals surface area (Å²) in [6, 6.07) is 29.0. The van der Waals surface area contributed by atoms with Crippen LogP contribution < -0.4 is 0 Å². The monoisotopic (exact) mass is 473 g/mol. The molecule has 161 valence electrons. The van der Waals surface area contributed by atoms with Gasteiger partial charge in [0.25, 0.3) is 0 Å². The predicted molar refractivity (Wildman–Crippen MR) is 122 cm³/mol. The van der Waals surface area contributed by atoms with Crippen molar-refractivity contribution in [2.75, 3.05) is 0 Å². The Hall–Kier alpha value is -4.00. The zero-order valence-electron chi connectivity index (χ0n) is 17.3. The Bertz CT molecular complexity index is 1340. The maximum Gasteiger partial charge on any atom is 0.231 e. The van der Waals surface area contributed by atoms with E-state index in [1.54, 1.807) is 36.4 Å². The van der Waals surface area contributed by atoms with E-state index >= 15 is 0 Å². The predicted octanol–water partition coefficient (Wildman–Crippen LogP) is 6.40. The van der Waals surface area contributed by atoms with E-state index < -0.39 is 0 Å². The number of fused-ring (bicyclic) bond motifs is 2. The van der Waals surface area contributed by atoms with Gasteiger partial charge in [0.2, 0.25) is 11.8 Å². The maximum absolute atomic E-state index is 9.69. The number of hydrogen-bond donors (Lipinski definition) is 2. The third-order valence-corrected chi connectivity index (χ3v) is 4.86. The van der Waals surface area contributed by atoms with Gasteiger partial charge < -0.3 is 19.0 Å². The molecule has 0 saturated heterocycles. The van der Waals surface area contributed by atoms with E-state index in [0.717, 1.165) is 22.2 Å². The largest absolute Gasteiger partial charge is 0.507 e. The van der Waals surface area contributed by atoms with Gasteiger partial charge in [-0.1, -0.05) is 48.5 Å². The maximum atomic E-state index is 9.69. The molecular weight excluding hydrogens is 455 g/mol. The molecule has 4 aromatic carbocycles. The van der Waals surface area contributed by atoms with Gasteiger partial charge in [-0.2, -0.15) is 0 Å². The number of rotatable bonds is 2. The summed E-state index contributed by atoms with van der Waals surface area (Å²) in [5.41, 5.74) is 4.25. The first-order chi connectivity index (χ1) is 15.7. The minimum absolute atomic E-state index is 0. The van der Waals surface area contributed by atoms with Crippen molar-refractivity contribution in [1.29, 1.82) is 0 Å². The van der Waals surface area contributed by atoms with Crippen LogP contribution in [0.4, 0.5) is 0 Å². The molecule has 0 amide bonds. The molecule has 0 atom stereocenters. The molecule has 0 spiro atoms. The van der Waals surface area contributed by atoms with Crippen LogP contribution in [-0.2, 0) is 18.6 Å². The van der Waals surface area contributed by atoms with Gasteiger partial charge in [0.05, 0.1) is 11.1 Å². The fourth-order valence-corrected chi connectivity index (χ4v) is 3.28. The second-order valence-corrected chi connectivity index (χ2v) is 7.01. The Morgan fingerprint density at radius 3 is 1.24 bits per heavy atom. The molecule has 1 radical (unpaired) electrons. The quantitative estimate of drug-likeness (QED) is 0.302. The van der Waals surface area contributed by atoms with Crippen molar-refractivity contribution in [3.8, 4) is 34.4 Å². The molecule has 2 heterocycles. The van der Waals surface area contributed by atoms with Crippen LogP contribution in [0.3, 0.4) is 0 Å². The molecular formula is C26H18N2O4V. The molecule has 0 saturated carbocycles. The van der Waals surface area contributed by atoms with Crippen LogP contribution in [0.25, 0.3) is 45.1 Å². The van der Waals surface area contributed by atoms with Gasteiger partial charge in [0, 0.05) is 18.6 Å². The molecule has 0 aliphatic rings. The van der Waals surface area contributed by atoms with Crippen LogP contribution in [0.15, 0.2) is 106 Å². The van der Waals surface area contributed by atoms with Gasteiger partial charge in [-0.15, -0.1) is 0 Å². The van der Waals surface area contributed by atoms with Crippen molar-refractivity contribution in [3.63, 3.8) is 0 Å². The van der Waals surface area contributed by atoms with Crippen molar-refractivity contribution in [1.82, 2.24) is 9.97 Å². The summed E-state index contributed by atoms with van der Waals surface area (Å²) >= 11 is 0. The van der Waals surface area contributed by atoms with Gasteiger partial charge in [-0.3, -0.25) is 0 Å². The summed E-state index contributed by atoms with van der Waals surface area (Å²) in [5, 5.41) is 19.4. The third-order valence-electron chi connectivity index (χ3n) is 4.86. The number of para-hydroxylation sites is 6. The van der Waals surface area contributed by atoms with E-state index in [0.29, 0.717) is 22.9 Å². The van der Waals surface area contributed by atoms with E-state index in [2.05, 4.69) is 9.97 Å². The molecule has 2 aromatic heterocycles. The molecule has 2 N–H and O–H groups in total. The minimum Gasteiger partial charge on any atom is -0.507 e. The summed E-state index contributed by atoms with van der Waals surface area (Å²) in [6.07, 6.45) is 0. The molecule has 6 aromatic rings. The molecule has 0 bridgehead atoms. The minimum atomic E-state index is 0. The number of aromatic hydroxyl groups is 2. The standard InChI is InChI=1S/2C13H9NO2.V/c2*15-11-7-3-1-5-9(11)13-14-10-6-2-4-8-12(10)16-13;/h2*1-8,15H;. The van der Waals surface area contributed by atoms with Crippen LogP contribution in [-0.4, -0.2) is 20.2 Å². The number of nitrogens with zero attached hydrogens (tertiary/aromatic N) is 2. The Morgan fingerprint density at radius 1 is 0.485 bits per heavy atom. The molecule has 33 heavy (non-hydrogen) atoms. The summed E-state index contributed by atoms with van der Waals surface area (Å²) in [4.78, 5) is 8.63. The average Bonchev–Trinajstić information content (AvgIpc) is 3.44. The van der Waals surface area contributed by atoms with Gasteiger partial charge in [0.15, 0.2) is 11.2 Å². The number of oxazole rings is 2. The second-order valence-electron chi connectivity index (χ2n) is 7.01. The van der Waals surface area contributed by atoms with E-state index in [-0.39, 0.29) is 30.1 Å². The summed E-state index contributed by atoms with van der Waals surface area (Å²) < 4.78 is 11.1. The third kappa shape index (κ3) is 4.62. The molecule has 0 fully saturated rings. The first-order valence-electron chi connectivity index (χ1n) is 9.97. The first kappa shape index (κ1) is 22.2. The van der Waals surface area contributed by atoms with E-state index in [4.69, 9.17) is 8.83 Å². The van der Waals surface area contributed by atoms with E-state index in [1.807, 2.05) is 60.7 Å². The molecule has 7 heteroatoms. The topological polar surface area (TPSA) is 92.5 Å². The Morgan fingerprint density at radius 2 is 0.848 bits per heavy atom. The fourth-order valence-electron chi connectivity index (χ4n) is 3.28. The number of aromatic nitrogens is 2. The Balaban J connectivity index is 0.000000152. The fraction of sp³-hybridized carbons (Fsp3) is 0. The van der Waals surface area contributed by atoms with E-state index in [1.165, 1.54) is 0 Å². The molecule has 6 rings (SSSR count). The zero-order valence-corrected chi connectivity index (χ0v) is 18.7. The molecule has 0 aliphatic heterocycles. The number of phenols is 2. The van der Waals surface area contributed by atoms with Crippen LogP contribution in [0, 0.1) is 0 Å². The number of phenolic OH excluding ortho intramolecular Hbond substituents is 2. The summed E-state index contributed by atoms with van der Waals surface area (Å²) in [7, 11) is 0. The van der Waals surface area contributed by atoms with Crippen molar-refractivity contribution in [2.45, 2.75) is 0 Å². The average molecular weight is 473 g/mol. The zero-order chi connectivity index (χ0) is 21.9. The van der Waals surface area contributed by atoms with Crippen LogP contribution in [0.5, 0.6) is 11.5 Å². The van der Waals surface area contributed by atoms with Gasteiger partial charge in [0.1, 0.15) is 22.5 Å². The van der Waals surface area contributed by atoms with Gasteiger partial charge in [-0.05, 0) is 48.5 Å². The summed E-state index contributed by atoms with van der Waals surface area (Å²) in [5.74, 6) is 1.24. The molecule has 6 nitrogen and oxygen atoms in total. The number of benzene rings is 4. The van der Waals surface area contributed by atoms with Crippen LogP contribution >= 0.6 is 0 Å². The SMILES string of the molecule is Oc1ccccc1-c1nc2ccccc2o1.Oc1ccccc1-c1nc2ccccc2o1.[V]. The smallest absolute Gasteiger partial charge is 0.231 e. The van der Waals surface area contributed by atoms with Crippen molar-refractivity contribution in [2.24, 2.45) is 0 Å². The summed E-state index contributed by atoms with van der Waals surface area (Å²) in [6.45, 7) is 0. The second kappa shape index (κ2) is 9.65. The first-order valence-corrected chi connectivity index (χ1v) is 9.97. The van der Waals surface area contributed by atoms with Gasteiger partial charge >= 0.3 is 0 Å². The van der Waals surface area contributed by atoms with Crippen molar-refractivity contribution >= 4 is 22.2 Å². The van der Waals surface area contributed by atoms with Crippen molar-refractivity contribution in [3.05, 3.63) is 97.1 Å². The normalized spacial score (nSPS) is 10.4. The van der Waals surface area contributed by atoms with Gasteiger partial charge in [-0.25, -0.2) is 9.97 Å². The van der Waals surface area contributed by atoms with Crippen LogP contribution in [0.2, 0.25) is 0 Å². The Labute approximate surface area is 201 Å².